The molecule has 0 amide bonds. The van der Waals surface area contributed by atoms with Gasteiger partial charge in [-0.15, -0.1) is 0 Å². The molecule has 0 saturated heterocycles. The highest BCUT2D eigenvalue weighted by Crippen LogP contribution is 2.19. The van der Waals surface area contributed by atoms with Crippen LogP contribution in [0.3, 0.4) is 0 Å². The van der Waals surface area contributed by atoms with E-state index in [-0.39, 0.29) is 5.82 Å². The molecule has 0 aliphatic rings. The Morgan fingerprint density at radius 3 is 2.47 bits per heavy atom. The van der Waals surface area contributed by atoms with Crippen molar-refractivity contribution in [2.24, 2.45) is 0 Å². The minimum atomic E-state index is -0.226. The Balaban J connectivity index is 2.04. The van der Waals surface area contributed by atoms with E-state index in [1.54, 1.807) is 6.07 Å². The van der Waals surface area contributed by atoms with Gasteiger partial charge in [0.1, 0.15) is 5.82 Å². The summed E-state index contributed by atoms with van der Waals surface area (Å²) >= 11 is 3.35. The van der Waals surface area contributed by atoms with E-state index in [1.165, 1.54) is 17.7 Å². The third-order valence-electron chi connectivity index (χ3n) is 2.55. The zero-order valence-corrected chi connectivity index (χ0v) is 11.1. The maximum atomic E-state index is 12.9. The predicted molar refractivity (Wildman–Crippen MR) is 72.6 cm³/mol. The maximum absolute atomic E-state index is 12.9. The van der Waals surface area contributed by atoms with Gasteiger partial charge >= 0.3 is 0 Å². The van der Waals surface area contributed by atoms with Gasteiger partial charge in [-0.05, 0) is 36.8 Å². The van der Waals surface area contributed by atoms with E-state index in [1.807, 2.05) is 12.1 Å². The molecule has 0 saturated carbocycles. The second-order valence-electron chi connectivity index (χ2n) is 3.96. The van der Waals surface area contributed by atoms with Crippen LogP contribution < -0.4 is 5.32 Å². The summed E-state index contributed by atoms with van der Waals surface area (Å²) in [6, 6.07) is 12.9. The largest absolute Gasteiger partial charge is 0.381 e. The third kappa shape index (κ3) is 3.30. The van der Waals surface area contributed by atoms with Gasteiger partial charge in [-0.3, -0.25) is 0 Å². The Morgan fingerprint density at radius 2 is 1.82 bits per heavy atom. The summed E-state index contributed by atoms with van der Waals surface area (Å²) in [5, 5.41) is 3.30. The van der Waals surface area contributed by atoms with Gasteiger partial charge in [-0.2, -0.15) is 0 Å². The first-order chi connectivity index (χ1) is 8.15. The van der Waals surface area contributed by atoms with E-state index < -0.39 is 0 Å². The first-order valence-corrected chi connectivity index (χ1v) is 6.19. The van der Waals surface area contributed by atoms with Crippen molar-refractivity contribution in [3.63, 3.8) is 0 Å². The standard InChI is InChI=1S/C14H13BrFN/c1-10-2-6-13(7-3-10)17-9-11-4-5-12(16)8-14(11)15/h2-8,17H,9H2,1H3. The Kier molecular flexibility index (Phi) is 3.79. The van der Waals surface area contributed by atoms with Crippen LogP contribution in [-0.2, 0) is 6.54 Å². The molecule has 17 heavy (non-hydrogen) atoms. The average Bonchev–Trinajstić information content (AvgIpc) is 2.30. The van der Waals surface area contributed by atoms with E-state index in [0.29, 0.717) is 6.54 Å². The molecule has 0 heterocycles. The van der Waals surface area contributed by atoms with Crippen molar-refractivity contribution in [2.45, 2.75) is 13.5 Å². The molecule has 0 unspecified atom stereocenters. The normalized spacial score (nSPS) is 10.3. The summed E-state index contributed by atoms with van der Waals surface area (Å²) in [6.07, 6.45) is 0. The zero-order chi connectivity index (χ0) is 12.3. The lowest BCUT2D eigenvalue weighted by atomic mass is 10.2. The maximum Gasteiger partial charge on any atom is 0.124 e. The second kappa shape index (κ2) is 5.32. The van der Waals surface area contributed by atoms with Crippen LogP contribution in [0, 0.1) is 12.7 Å². The van der Waals surface area contributed by atoms with Crippen molar-refractivity contribution in [1.82, 2.24) is 0 Å². The molecule has 88 valence electrons. The topological polar surface area (TPSA) is 12.0 Å². The predicted octanol–water partition coefficient (Wildman–Crippen LogP) is 4.51. The van der Waals surface area contributed by atoms with E-state index in [2.05, 4.69) is 40.3 Å². The Bertz CT molecular complexity index is 508. The molecule has 2 rings (SSSR count). The van der Waals surface area contributed by atoms with Crippen molar-refractivity contribution in [1.29, 1.82) is 0 Å². The van der Waals surface area contributed by atoms with Gasteiger partial charge < -0.3 is 5.32 Å². The molecule has 3 heteroatoms. The van der Waals surface area contributed by atoms with Crippen LogP contribution in [0.25, 0.3) is 0 Å². The lowest BCUT2D eigenvalue weighted by Gasteiger charge is -2.08. The fourth-order valence-electron chi connectivity index (χ4n) is 1.53. The molecule has 0 atom stereocenters. The molecule has 0 aromatic heterocycles. The third-order valence-corrected chi connectivity index (χ3v) is 3.29. The average molecular weight is 294 g/mol. The number of benzene rings is 2. The molecular formula is C14H13BrFN. The van der Waals surface area contributed by atoms with Gasteiger partial charge in [0.15, 0.2) is 0 Å². The molecule has 1 nitrogen and oxygen atoms in total. The number of anilines is 1. The first-order valence-electron chi connectivity index (χ1n) is 5.39. The quantitative estimate of drug-likeness (QED) is 0.878. The number of rotatable bonds is 3. The highest BCUT2D eigenvalue weighted by molar-refractivity contribution is 9.10. The smallest absolute Gasteiger partial charge is 0.124 e. The Hall–Kier alpha value is -1.35. The monoisotopic (exact) mass is 293 g/mol. The second-order valence-corrected chi connectivity index (χ2v) is 4.81. The summed E-state index contributed by atoms with van der Waals surface area (Å²) in [6.45, 7) is 2.73. The van der Waals surface area contributed by atoms with Crippen LogP contribution in [-0.4, -0.2) is 0 Å². The molecule has 1 N–H and O–H groups in total. The molecule has 0 radical (unpaired) electrons. The van der Waals surface area contributed by atoms with E-state index in [0.717, 1.165) is 15.7 Å². The number of aryl methyl sites for hydroxylation is 1. The molecule has 0 spiro atoms. The SMILES string of the molecule is Cc1ccc(NCc2ccc(F)cc2Br)cc1. The van der Waals surface area contributed by atoms with Crippen LogP contribution in [0.5, 0.6) is 0 Å². The molecule has 0 bridgehead atoms. The van der Waals surface area contributed by atoms with Crippen LogP contribution in [0.2, 0.25) is 0 Å². The minimum absolute atomic E-state index is 0.226. The van der Waals surface area contributed by atoms with Crippen LogP contribution in [0.4, 0.5) is 10.1 Å². The Labute approximate surface area is 109 Å². The van der Waals surface area contributed by atoms with Crippen molar-refractivity contribution < 1.29 is 4.39 Å². The van der Waals surface area contributed by atoms with Crippen molar-refractivity contribution in [2.75, 3.05) is 5.32 Å². The van der Waals surface area contributed by atoms with Gasteiger partial charge in [-0.1, -0.05) is 39.7 Å². The number of nitrogens with one attached hydrogen (secondary N) is 1. The van der Waals surface area contributed by atoms with Crippen molar-refractivity contribution in [3.05, 3.63) is 63.9 Å². The fourth-order valence-corrected chi connectivity index (χ4v) is 2.02. The van der Waals surface area contributed by atoms with E-state index in [9.17, 15) is 4.39 Å². The molecular weight excluding hydrogens is 281 g/mol. The van der Waals surface area contributed by atoms with Gasteiger partial charge in [-0.25, -0.2) is 4.39 Å². The lowest BCUT2D eigenvalue weighted by molar-refractivity contribution is 0.626. The fraction of sp³-hybridized carbons (Fsp3) is 0.143. The highest BCUT2D eigenvalue weighted by Gasteiger charge is 2.01. The van der Waals surface area contributed by atoms with Crippen LogP contribution >= 0.6 is 15.9 Å². The minimum Gasteiger partial charge on any atom is -0.381 e. The van der Waals surface area contributed by atoms with Crippen molar-refractivity contribution >= 4 is 21.6 Å². The molecule has 2 aromatic carbocycles. The number of hydrogen-bond donors (Lipinski definition) is 1. The van der Waals surface area contributed by atoms with E-state index >= 15 is 0 Å². The Morgan fingerprint density at radius 1 is 1.12 bits per heavy atom. The molecule has 0 aliphatic carbocycles. The van der Waals surface area contributed by atoms with E-state index in [4.69, 9.17) is 0 Å². The van der Waals surface area contributed by atoms with Gasteiger partial charge in [0.05, 0.1) is 0 Å². The zero-order valence-electron chi connectivity index (χ0n) is 9.50. The first kappa shape index (κ1) is 12.1. The summed E-state index contributed by atoms with van der Waals surface area (Å²) in [7, 11) is 0. The van der Waals surface area contributed by atoms with Crippen LogP contribution in [0.1, 0.15) is 11.1 Å². The number of halogens is 2. The summed E-state index contributed by atoms with van der Waals surface area (Å²) in [4.78, 5) is 0. The van der Waals surface area contributed by atoms with Crippen molar-refractivity contribution in [3.8, 4) is 0 Å². The van der Waals surface area contributed by atoms with Gasteiger partial charge in [0.25, 0.3) is 0 Å². The van der Waals surface area contributed by atoms with Gasteiger partial charge in [0, 0.05) is 16.7 Å². The molecule has 0 aliphatic heterocycles. The van der Waals surface area contributed by atoms with Gasteiger partial charge in [0.2, 0.25) is 0 Å². The molecule has 0 fully saturated rings. The van der Waals surface area contributed by atoms with Crippen LogP contribution in [0.15, 0.2) is 46.9 Å². The summed E-state index contributed by atoms with van der Waals surface area (Å²) in [5.41, 5.74) is 3.33. The molecule has 2 aromatic rings. The summed E-state index contributed by atoms with van der Waals surface area (Å²) < 4.78 is 13.7. The number of hydrogen-bond acceptors (Lipinski definition) is 1. The highest BCUT2D eigenvalue weighted by atomic mass is 79.9. The lowest BCUT2D eigenvalue weighted by Crippen LogP contribution is -2.00. The summed E-state index contributed by atoms with van der Waals surface area (Å²) in [5.74, 6) is -0.226.